The van der Waals surface area contributed by atoms with Crippen LogP contribution in [-0.4, -0.2) is 16.6 Å². The Morgan fingerprint density at radius 3 is 2.63 bits per heavy atom. The lowest BCUT2D eigenvalue weighted by Crippen LogP contribution is -2.32. The molecule has 1 radical (unpaired) electrons. The van der Waals surface area contributed by atoms with Gasteiger partial charge < -0.3 is 10.1 Å². The second kappa shape index (κ2) is 5.69. The van der Waals surface area contributed by atoms with Gasteiger partial charge >= 0.3 is 6.09 Å². The second-order valence-electron chi connectivity index (χ2n) is 5.15. The van der Waals surface area contributed by atoms with Crippen LogP contribution >= 0.6 is 0 Å². The molecular formula is C13H17N2O4. The fourth-order valence-electron chi connectivity index (χ4n) is 1.45. The van der Waals surface area contributed by atoms with Gasteiger partial charge in [-0.3, -0.25) is 10.1 Å². The fourth-order valence-corrected chi connectivity index (χ4v) is 1.45. The first-order valence-electron chi connectivity index (χ1n) is 5.81. The molecule has 0 aliphatic rings. The number of amides is 1. The monoisotopic (exact) mass is 265 g/mol. The first-order chi connectivity index (χ1) is 8.69. The first-order valence-corrected chi connectivity index (χ1v) is 5.81. The molecule has 0 aromatic heterocycles. The molecule has 0 unspecified atom stereocenters. The van der Waals surface area contributed by atoms with E-state index in [2.05, 4.69) is 11.4 Å². The molecule has 0 heterocycles. The van der Waals surface area contributed by atoms with E-state index < -0.39 is 16.6 Å². The third-order valence-electron chi connectivity index (χ3n) is 2.19. The van der Waals surface area contributed by atoms with E-state index in [1.807, 2.05) is 0 Å². The molecule has 0 fully saturated rings. The number of alkyl carbamates (subject to hydrolysis) is 1. The fraction of sp³-hybridized carbons (Fsp3) is 0.462. The Kier molecular flexibility index (Phi) is 4.47. The number of ether oxygens (including phenoxy) is 1. The summed E-state index contributed by atoms with van der Waals surface area (Å²) in [6.45, 7) is 7.19. The number of nitrogens with one attached hydrogen (secondary N) is 1. The van der Waals surface area contributed by atoms with Gasteiger partial charge in [-0.15, -0.1) is 0 Å². The predicted molar refractivity (Wildman–Crippen MR) is 69.7 cm³/mol. The van der Waals surface area contributed by atoms with E-state index >= 15 is 0 Å². The zero-order valence-corrected chi connectivity index (χ0v) is 11.4. The van der Waals surface area contributed by atoms with Crippen molar-refractivity contribution in [3.63, 3.8) is 0 Å². The molecule has 6 nitrogen and oxygen atoms in total. The van der Waals surface area contributed by atoms with E-state index in [4.69, 9.17) is 4.74 Å². The van der Waals surface area contributed by atoms with Crippen molar-refractivity contribution in [3.8, 4) is 0 Å². The van der Waals surface area contributed by atoms with Gasteiger partial charge in [-0.25, -0.2) is 4.79 Å². The SMILES string of the molecule is Cc1cc(CNC(=O)OC(C)(C)C)c[c]c1[N+](=O)[O-]. The van der Waals surface area contributed by atoms with Gasteiger partial charge in [0.25, 0.3) is 5.69 Å². The quantitative estimate of drug-likeness (QED) is 0.673. The van der Waals surface area contributed by atoms with Crippen LogP contribution in [0, 0.1) is 23.1 Å². The lowest BCUT2D eigenvalue weighted by molar-refractivity contribution is -0.385. The van der Waals surface area contributed by atoms with Crippen molar-refractivity contribution in [2.75, 3.05) is 0 Å². The molecule has 0 aliphatic heterocycles. The topological polar surface area (TPSA) is 81.5 Å². The summed E-state index contributed by atoms with van der Waals surface area (Å²) >= 11 is 0. The lowest BCUT2D eigenvalue weighted by atomic mass is 10.1. The summed E-state index contributed by atoms with van der Waals surface area (Å²) in [4.78, 5) is 21.6. The van der Waals surface area contributed by atoms with Crippen LogP contribution in [0.1, 0.15) is 31.9 Å². The summed E-state index contributed by atoms with van der Waals surface area (Å²) in [5, 5.41) is 13.2. The number of benzene rings is 1. The van der Waals surface area contributed by atoms with Crippen molar-refractivity contribution in [3.05, 3.63) is 39.4 Å². The van der Waals surface area contributed by atoms with Gasteiger partial charge in [-0.05, 0) is 45.4 Å². The van der Waals surface area contributed by atoms with Gasteiger partial charge in [0, 0.05) is 12.1 Å². The predicted octanol–water partition coefficient (Wildman–Crippen LogP) is 2.73. The van der Waals surface area contributed by atoms with Gasteiger partial charge in [-0.2, -0.15) is 0 Å². The Balaban J connectivity index is 2.62. The minimum Gasteiger partial charge on any atom is -0.444 e. The molecule has 1 amide bonds. The maximum Gasteiger partial charge on any atom is 0.407 e. The Bertz CT molecular complexity index is 492. The Labute approximate surface area is 111 Å². The van der Waals surface area contributed by atoms with E-state index in [-0.39, 0.29) is 12.2 Å². The van der Waals surface area contributed by atoms with E-state index in [0.29, 0.717) is 5.56 Å². The van der Waals surface area contributed by atoms with Crippen molar-refractivity contribution in [2.45, 2.75) is 39.8 Å². The highest BCUT2D eigenvalue weighted by Gasteiger charge is 2.16. The molecular weight excluding hydrogens is 248 g/mol. The maximum atomic E-state index is 11.4. The smallest absolute Gasteiger partial charge is 0.407 e. The summed E-state index contributed by atoms with van der Waals surface area (Å²) < 4.78 is 5.08. The Morgan fingerprint density at radius 1 is 1.53 bits per heavy atom. The third-order valence-corrected chi connectivity index (χ3v) is 2.19. The number of hydrogen-bond acceptors (Lipinski definition) is 4. The summed E-state index contributed by atoms with van der Waals surface area (Å²) in [6, 6.07) is 5.72. The molecule has 19 heavy (non-hydrogen) atoms. The summed E-state index contributed by atoms with van der Waals surface area (Å²) in [7, 11) is 0. The number of aryl methyl sites for hydroxylation is 1. The zero-order valence-electron chi connectivity index (χ0n) is 11.4. The van der Waals surface area contributed by atoms with Crippen LogP contribution in [0.4, 0.5) is 10.5 Å². The highest BCUT2D eigenvalue weighted by Crippen LogP contribution is 2.18. The number of rotatable bonds is 3. The number of hydrogen-bond donors (Lipinski definition) is 1. The summed E-state index contributed by atoms with van der Waals surface area (Å²) in [5.41, 5.74) is 0.630. The van der Waals surface area contributed by atoms with E-state index in [0.717, 1.165) is 5.56 Å². The van der Waals surface area contributed by atoms with Crippen LogP contribution in [-0.2, 0) is 11.3 Å². The van der Waals surface area contributed by atoms with Crippen LogP contribution in [0.3, 0.4) is 0 Å². The lowest BCUT2D eigenvalue weighted by Gasteiger charge is -2.19. The maximum absolute atomic E-state index is 11.4. The van der Waals surface area contributed by atoms with Gasteiger partial charge in [-0.1, -0.05) is 0 Å². The van der Waals surface area contributed by atoms with E-state index in [1.165, 1.54) is 6.07 Å². The van der Waals surface area contributed by atoms with Gasteiger partial charge in [0.2, 0.25) is 0 Å². The van der Waals surface area contributed by atoms with Gasteiger partial charge in [0.1, 0.15) is 5.60 Å². The van der Waals surface area contributed by atoms with Crippen molar-refractivity contribution >= 4 is 11.8 Å². The van der Waals surface area contributed by atoms with Crippen LogP contribution < -0.4 is 5.32 Å². The average molecular weight is 265 g/mol. The summed E-state index contributed by atoms with van der Waals surface area (Å²) in [5.74, 6) is 0. The molecule has 0 atom stereocenters. The minimum atomic E-state index is -0.554. The normalized spacial score (nSPS) is 10.9. The largest absolute Gasteiger partial charge is 0.444 e. The number of nitrogens with zero attached hydrogens (tertiary/aromatic N) is 1. The molecule has 0 aliphatic carbocycles. The number of carbonyl (C=O) groups excluding carboxylic acids is 1. The molecule has 0 bridgehead atoms. The first kappa shape index (κ1) is 14.9. The van der Waals surface area contributed by atoms with Crippen molar-refractivity contribution < 1.29 is 14.5 Å². The molecule has 0 saturated heterocycles. The van der Waals surface area contributed by atoms with Crippen LogP contribution in [0.2, 0.25) is 0 Å². The molecule has 0 spiro atoms. The summed E-state index contributed by atoms with van der Waals surface area (Å²) in [6.07, 6.45) is -0.525. The van der Waals surface area contributed by atoms with E-state index in [9.17, 15) is 14.9 Å². The van der Waals surface area contributed by atoms with Crippen LogP contribution in [0.15, 0.2) is 12.1 Å². The molecule has 103 valence electrons. The number of nitro benzene ring substituents is 1. The standard InChI is InChI=1S/C13H17N2O4/c1-9-7-10(5-6-11(9)15(17)18)8-14-12(16)19-13(2,3)4/h5,7H,8H2,1-4H3,(H,14,16). The highest BCUT2D eigenvalue weighted by molar-refractivity contribution is 5.67. The van der Waals surface area contributed by atoms with Crippen LogP contribution in [0.25, 0.3) is 0 Å². The molecule has 0 saturated carbocycles. The van der Waals surface area contributed by atoms with Gasteiger partial charge in [0.05, 0.1) is 11.0 Å². The number of carbonyl (C=O) groups is 1. The molecule has 1 rings (SSSR count). The molecule has 6 heteroatoms. The van der Waals surface area contributed by atoms with Crippen molar-refractivity contribution in [1.82, 2.24) is 5.32 Å². The third kappa shape index (κ3) is 4.95. The Morgan fingerprint density at radius 2 is 2.16 bits per heavy atom. The zero-order chi connectivity index (χ0) is 14.6. The molecule has 1 aromatic carbocycles. The molecule has 1 N–H and O–H groups in total. The second-order valence-corrected chi connectivity index (χ2v) is 5.15. The number of nitro groups is 1. The van der Waals surface area contributed by atoms with Crippen molar-refractivity contribution in [2.24, 2.45) is 0 Å². The molecule has 1 aromatic rings. The average Bonchev–Trinajstić information content (AvgIpc) is 2.23. The van der Waals surface area contributed by atoms with E-state index in [1.54, 1.807) is 33.8 Å². The highest BCUT2D eigenvalue weighted by atomic mass is 16.6. The van der Waals surface area contributed by atoms with Crippen LogP contribution in [0.5, 0.6) is 0 Å². The van der Waals surface area contributed by atoms with Gasteiger partial charge in [0.15, 0.2) is 0 Å². The minimum absolute atomic E-state index is 0.0546. The van der Waals surface area contributed by atoms with Crippen molar-refractivity contribution in [1.29, 1.82) is 0 Å². The Hall–Kier alpha value is -2.11.